The molecule has 0 aliphatic rings. The highest BCUT2D eigenvalue weighted by molar-refractivity contribution is 5.93. The van der Waals surface area contributed by atoms with Crippen molar-refractivity contribution in [3.05, 3.63) is 35.4 Å². The Bertz CT molecular complexity index is 506. The van der Waals surface area contributed by atoms with Gasteiger partial charge >= 0.3 is 0 Å². The molecule has 0 saturated heterocycles. The van der Waals surface area contributed by atoms with Crippen LogP contribution in [-0.4, -0.2) is 90.2 Å². The monoisotopic (exact) mass is 414 g/mol. The van der Waals surface area contributed by atoms with Gasteiger partial charge < -0.3 is 33.5 Å². The number of benzene rings is 1. The summed E-state index contributed by atoms with van der Waals surface area (Å²) >= 11 is 0. The number of aliphatic hydroxyl groups is 1. The van der Waals surface area contributed by atoms with Gasteiger partial charge in [-0.1, -0.05) is 24.3 Å². The summed E-state index contributed by atoms with van der Waals surface area (Å²) in [6.45, 7) is 7.44. The van der Waals surface area contributed by atoms with Crippen molar-refractivity contribution in [2.24, 2.45) is 0 Å². The number of aliphatic hydroxyl groups excluding tert-OH is 1. The Morgan fingerprint density at radius 1 is 0.655 bits per heavy atom. The average Bonchev–Trinajstić information content (AvgIpc) is 2.73. The second-order valence-corrected chi connectivity index (χ2v) is 6.09. The molecule has 1 rings (SSSR count). The van der Waals surface area contributed by atoms with Gasteiger partial charge in [0.25, 0.3) is 0 Å². The summed E-state index contributed by atoms with van der Waals surface area (Å²) in [4.78, 5) is 11.2. The highest BCUT2D eigenvalue weighted by Crippen LogP contribution is 2.06. The summed E-state index contributed by atoms with van der Waals surface area (Å²) in [5, 5.41) is 8.53. The van der Waals surface area contributed by atoms with Crippen LogP contribution in [0.5, 0.6) is 0 Å². The van der Waals surface area contributed by atoms with Gasteiger partial charge in [0.15, 0.2) is 5.78 Å². The maximum atomic E-state index is 11.2. The topological polar surface area (TPSA) is 92.7 Å². The van der Waals surface area contributed by atoms with E-state index >= 15 is 0 Å². The second kappa shape index (κ2) is 18.6. The summed E-state index contributed by atoms with van der Waals surface area (Å²) in [6, 6.07) is 7.41. The molecule has 0 heterocycles. The molecule has 29 heavy (non-hydrogen) atoms. The highest BCUT2D eigenvalue weighted by Gasteiger charge is 1.99. The van der Waals surface area contributed by atoms with E-state index in [1.807, 2.05) is 24.3 Å². The van der Waals surface area contributed by atoms with E-state index in [1.54, 1.807) is 6.92 Å². The number of carbonyl (C=O) groups is 1. The van der Waals surface area contributed by atoms with Crippen LogP contribution in [0.2, 0.25) is 0 Å². The molecule has 1 aromatic rings. The molecule has 0 aromatic heterocycles. The van der Waals surface area contributed by atoms with Crippen LogP contribution in [0.3, 0.4) is 0 Å². The smallest absolute Gasteiger partial charge is 0.159 e. The summed E-state index contributed by atoms with van der Waals surface area (Å²) in [5.74, 6) is 0.0606. The molecule has 0 aliphatic heterocycles. The van der Waals surface area contributed by atoms with Gasteiger partial charge in [-0.05, 0) is 12.5 Å². The standard InChI is InChI=1S/C21H34O8/c1-19(23)21-4-2-20(3-5-21)18-29-17-16-28-15-14-27-13-12-26-11-10-25-9-8-24-7-6-22/h2-5,22H,6-18H2,1H3. The Morgan fingerprint density at radius 3 is 1.41 bits per heavy atom. The van der Waals surface area contributed by atoms with Crippen molar-refractivity contribution < 1.29 is 38.3 Å². The fourth-order valence-corrected chi connectivity index (χ4v) is 2.19. The van der Waals surface area contributed by atoms with Crippen LogP contribution in [0.15, 0.2) is 24.3 Å². The Balaban J connectivity index is 1.77. The van der Waals surface area contributed by atoms with Crippen LogP contribution < -0.4 is 0 Å². The normalized spacial score (nSPS) is 11.1. The fraction of sp³-hybridized carbons (Fsp3) is 0.667. The molecule has 8 nitrogen and oxygen atoms in total. The lowest BCUT2D eigenvalue weighted by molar-refractivity contribution is -0.0190. The van der Waals surface area contributed by atoms with Crippen LogP contribution >= 0.6 is 0 Å². The van der Waals surface area contributed by atoms with E-state index in [4.69, 9.17) is 33.5 Å². The van der Waals surface area contributed by atoms with Gasteiger partial charge in [0.1, 0.15) is 0 Å². The molecule has 0 fully saturated rings. The van der Waals surface area contributed by atoms with Crippen LogP contribution in [0.4, 0.5) is 0 Å². The highest BCUT2D eigenvalue weighted by atomic mass is 16.6. The van der Waals surface area contributed by atoms with Crippen molar-refractivity contribution in [3.63, 3.8) is 0 Å². The SMILES string of the molecule is CC(=O)c1ccc(COCCOCCOCCOCCOCCOCCO)cc1. The minimum Gasteiger partial charge on any atom is -0.394 e. The molecule has 0 bridgehead atoms. The molecule has 8 heteroatoms. The Labute approximate surface area is 173 Å². The van der Waals surface area contributed by atoms with Crippen molar-refractivity contribution >= 4 is 5.78 Å². The second-order valence-electron chi connectivity index (χ2n) is 6.09. The van der Waals surface area contributed by atoms with Crippen LogP contribution in [0, 0.1) is 0 Å². The first kappa shape index (κ1) is 25.6. The van der Waals surface area contributed by atoms with Crippen molar-refractivity contribution in [1.29, 1.82) is 0 Å². The van der Waals surface area contributed by atoms with Crippen molar-refractivity contribution in [2.45, 2.75) is 13.5 Å². The molecule has 0 spiro atoms. The third-order valence-corrected chi connectivity index (χ3v) is 3.72. The molecule has 0 unspecified atom stereocenters. The minimum atomic E-state index is 0.0286. The zero-order chi connectivity index (χ0) is 21.0. The number of hydrogen-bond acceptors (Lipinski definition) is 8. The summed E-state index contributed by atoms with van der Waals surface area (Å²) in [6.07, 6.45) is 0. The van der Waals surface area contributed by atoms with Crippen molar-refractivity contribution in [1.82, 2.24) is 0 Å². The minimum absolute atomic E-state index is 0.0286. The molecule has 0 amide bonds. The van der Waals surface area contributed by atoms with E-state index in [9.17, 15) is 4.79 Å². The van der Waals surface area contributed by atoms with Crippen molar-refractivity contribution in [3.8, 4) is 0 Å². The zero-order valence-corrected chi connectivity index (χ0v) is 17.3. The summed E-state index contributed by atoms with van der Waals surface area (Å²) in [7, 11) is 0. The van der Waals surface area contributed by atoms with E-state index in [0.717, 1.165) is 5.56 Å². The molecule has 166 valence electrons. The first-order chi connectivity index (χ1) is 14.2. The predicted octanol–water partition coefficient (Wildman–Crippen LogP) is 1.48. The fourth-order valence-electron chi connectivity index (χ4n) is 2.19. The summed E-state index contributed by atoms with van der Waals surface area (Å²) in [5.41, 5.74) is 1.73. The van der Waals surface area contributed by atoms with Gasteiger partial charge in [0, 0.05) is 5.56 Å². The number of ether oxygens (including phenoxy) is 6. The molecule has 0 atom stereocenters. The maximum Gasteiger partial charge on any atom is 0.159 e. The number of carbonyl (C=O) groups excluding carboxylic acids is 1. The molecule has 0 saturated carbocycles. The molecular formula is C21H34O8. The van der Waals surface area contributed by atoms with Crippen LogP contribution in [0.25, 0.3) is 0 Å². The van der Waals surface area contributed by atoms with E-state index < -0.39 is 0 Å². The lowest BCUT2D eigenvalue weighted by atomic mass is 10.1. The average molecular weight is 414 g/mol. The van der Waals surface area contributed by atoms with Crippen LogP contribution in [0.1, 0.15) is 22.8 Å². The Morgan fingerprint density at radius 2 is 1.03 bits per heavy atom. The quantitative estimate of drug-likeness (QED) is 0.253. The van der Waals surface area contributed by atoms with E-state index in [1.165, 1.54) is 0 Å². The Kier molecular flexibility index (Phi) is 16.5. The molecule has 1 aromatic carbocycles. The van der Waals surface area contributed by atoms with Gasteiger partial charge in [-0.25, -0.2) is 0 Å². The molecule has 0 radical (unpaired) electrons. The third-order valence-electron chi connectivity index (χ3n) is 3.72. The van der Waals surface area contributed by atoms with E-state index in [2.05, 4.69) is 0 Å². The lowest BCUT2D eigenvalue weighted by Crippen LogP contribution is -2.14. The molecular weight excluding hydrogens is 380 g/mol. The van der Waals surface area contributed by atoms with Gasteiger partial charge in [0.05, 0.1) is 85.9 Å². The van der Waals surface area contributed by atoms with Gasteiger partial charge in [0.2, 0.25) is 0 Å². The predicted molar refractivity (Wildman–Crippen MR) is 107 cm³/mol. The zero-order valence-electron chi connectivity index (χ0n) is 17.3. The van der Waals surface area contributed by atoms with Gasteiger partial charge in [-0.15, -0.1) is 0 Å². The van der Waals surface area contributed by atoms with Gasteiger partial charge in [-0.2, -0.15) is 0 Å². The summed E-state index contributed by atoms with van der Waals surface area (Å²) < 4.78 is 32.1. The number of ketones is 1. The third kappa shape index (κ3) is 15.2. The van der Waals surface area contributed by atoms with E-state index in [0.29, 0.717) is 84.8 Å². The lowest BCUT2D eigenvalue weighted by Gasteiger charge is -2.08. The van der Waals surface area contributed by atoms with E-state index in [-0.39, 0.29) is 12.4 Å². The van der Waals surface area contributed by atoms with Gasteiger partial charge in [-0.3, -0.25) is 4.79 Å². The molecule has 1 N–H and O–H groups in total. The first-order valence-corrected chi connectivity index (χ1v) is 9.91. The number of Topliss-reactive ketones (excluding diaryl/α,β-unsaturated/α-hetero) is 1. The largest absolute Gasteiger partial charge is 0.394 e. The first-order valence-electron chi connectivity index (χ1n) is 9.91. The van der Waals surface area contributed by atoms with Crippen LogP contribution in [-0.2, 0) is 35.0 Å². The number of hydrogen-bond donors (Lipinski definition) is 1. The maximum absolute atomic E-state index is 11.2. The number of rotatable bonds is 20. The molecule has 0 aliphatic carbocycles. The Hall–Kier alpha value is -1.39. The van der Waals surface area contributed by atoms with Crippen molar-refractivity contribution in [2.75, 3.05) is 79.3 Å².